The van der Waals surface area contributed by atoms with Gasteiger partial charge in [-0.15, -0.1) is 4.91 Å². The summed E-state index contributed by atoms with van der Waals surface area (Å²) in [4.78, 5) is 14.3. The fraction of sp³-hybridized carbons (Fsp3) is 0.778. The van der Waals surface area contributed by atoms with Crippen molar-refractivity contribution in [2.45, 2.75) is 76.7 Å². The second-order valence-electron chi connectivity index (χ2n) is 6.65. The third-order valence-electron chi connectivity index (χ3n) is 4.80. The van der Waals surface area contributed by atoms with Gasteiger partial charge in [-0.1, -0.05) is 57.8 Å². The van der Waals surface area contributed by atoms with Crippen LogP contribution in [0.2, 0.25) is 0 Å². The molecule has 5 heteroatoms. The van der Waals surface area contributed by atoms with E-state index in [-0.39, 0.29) is 0 Å². The van der Waals surface area contributed by atoms with Gasteiger partial charge in [-0.2, -0.15) is 0 Å². The van der Waals surface area contributed by atoms with Gasteiger partial charge in [0.2, 0.25) is 0 Å². The SMILES string of the molecule is CN1C=CN(COC2CCCCCCCCCCC2)/C1=C/N=O. The monoisotopic (exact) mass is 321 g/mol. The Labute approximate surface area is 140 Å². The molecule has 0 atom stereocenters. The maximum Gasteiger partial charge on any atom is 0.136 e. The van der Waals surface area contributed by atoms with Gasteiger partial charge in [0, 0.05) is 19.4 Å². The molecule has 2 aliphatic rings. The summed E-state index contributed by atoms with van der Waals surface area (Å²) in [5.41, 5.74) is 0. The van der Waals surface area contributed by atoms with Gasteiger partial charge in [0.15, 0.2) is 0 Å². The zero-order valence-electron chi connectivity index (χ0n) is 14.5. The molecule has 0 amide bonds. The molecule has 1 heterocycles. The second-order valence-corrected chi connectivity index (χ2v) is 6.65. The molecule has 0 N–H and O–H groups in total. The Morgan fingerprint density at radius 3 is 2.17 bits per heavy atom. The van der Waals surface area contributed by atoms with Crippen LogP contribution in [-0.4, -0.2) is 29.7 Å². The van der Waals surface area contributed by atoms with E-state index in [1.807, 2.05) is 29.2 Å². The molecule has 0 spiro atoms. The maximum absolute atomic E-state index is 10.5. The Morgan fingerprint density at radius 1 is 1.04 bits per heavy atom. The Bertz CT molecular complexity index is 397. The number of nitrogens with zero attached hydrogens (tertiary/aromatic N) is 3. The minimum Gasteiger partial charge on any atom is -0.358 e. The van der Waals surface area contributed by atoms with E-state index in [0.29, 0.717) is 12.8 Å². The van der Waals surface area contributed by atoms with E-state index in [2.05, 4.69) is 5.18 Å². The normalized spacial score (nSPS) is 23.8. The van der Waals surface area contributed by atoms with Crippen molar-refractivity contribution < 1.29 is 4.74 Å². The Kier molecular flexibility index (Phi) is 8.15. The van der Waals surface area contributed by atoms with E-state index in [1.165, 1.54) is 64.0 Å². The van der Waals surface area contributed by atoms with E-state index in [1.54, 1.807) is 0 Å². The van der Waals surface area contributed by atoms with Gasteiger partial charge >= 0.3 is 0 Å². The van der Waals surface area contributed by atoms with Crippen LogP contribution in [0.3, 0.4) is 0 Å². The van der Waals surface area contributed by atoms with Gasteiger partial charge < -0.3 is 14.5 Å². The Balaban J connectivity index is 1.80. The first-order chi connectivity index (χ1) is 11.3. The lowest BCUT2D eigenvalue weighted by Crippen LogP contribution is -2.26. The summed E-state index contributed by atoms with van der Waals surface area (Å²) in [5.74, 6) is 0.771. The van der Waals surface area contributed by atoms with Gasteiger partial charge in [0.25, 0.3) is 0 Å². The molecule has 0 saturated heterocycles. The first-order valence-corrected chi connectivity index (χ1v) is 9.13. The molecular formula is C18H31N3O2. The highest BCUT2D eigenvalue weighted by Crippen LogP contribution is 2.22. The summed E-state index contributed by atoms with van der Waals surface area (Å²) in [6.45, 7) is 0.493. The van der Waals surface area contributed by atoms with Crippen LogP contribution in [-0.2, 0) is 4.74 Å². The molecule has 1 saturated carbocycles. The molecule has 23 heavy (non-hydrogen) atoms. The minimum atomic E-state index is 0.333. The second kappa shape index (κ2) is 10.4. The van der Waals surface area contributed by atoms with Crippen molar-refractivity contribution >= 4 is 0 Å². The zero-order valence-corrected chi connectivity index (χ0v) is 14.5. The topological polar surface area (TPSA) is 45.1 Å². The van der Waals surface area contributed by atoms with Gasteiger partial charge in [-0.3, -0.25) is 0 Å². The highest BCUT2D eigenvalue weighted by atomic mass is 16.5. The van der Waals surface area contributed by atoms with Gasteiger partial charge in [0.05, 0.1) is 6.10 Å². The van der Waals surface area contributed by atoms with E-state index in [9.17, 15) is 4.91 Å². The van der Waals surface area contributed by atoms with Crippen molar-refractivity contribution in [1.82, 2.24) is 9.80 Å². The molecule has 2 rings (SSSR count). The van der Waals surface area contributed by atoms with Gasteiger partial charge in [0.1, 0.15) is 18.8 Å². The van der Waals surface area contributed by atoms with Crippen LogP contribution in [0.4, 0.5) is 0 Å². The van der Waals surface area contributed by atoms with Gasteiger partial charge in [-0.05, 0) is 18.0 Å². The molecule has 1 fully saturated rings. The van der Waals surface area contributed by atoms with E-state index in [4.69, 9.17) is 4.74 Å². The van der Waals surface area contributed by atoms with Crippen LogP contribution >= 0.6 is 0 Å². The summed E-state index contributed by atoms with van der Waals surface area (Å²) in [6.07, 6.45) is 19.9. The van der Waals surface area contributed by atoms with Crippen molar-refractivity contribution in [2.75, 3.05) is 13.8 Å². The number of rotatable bonds is 4. The fourth-order valence-corrected chi connectivity index (χ4v) is 3.34. The van der Waals surface area contributed by atoms with E-state index < -0.39 is 0 Å². The highest BCUT2D eigenvalue weighted by Gasteiger charge is 2.19. The van der Waals surface area contributed by atoms with Crippen molar-refractivity contribution in [3.05, 3.63) is 29.3 Å². The molecule has 0 bridgehead atoms. The van der Waals surface area contributed by atoms with Crippen molar-refractivity contribution in [1.29, 1.82) is 0 Å². The molecule has 0 aromatic heterocycles. The largest absolute Gasteiger partial charge is 0.358 e. The summed E-state index contributed by atoms with van der Waals surface area (Å²) < 4.78 is 6.16. The number of hydrogen-bond acceptors (Lipinski definition) is 5. The summed E-state index contributed by atoms with van der Waals surface area (Å²) in [5, 5.41) is 2.89. The van der Waals surface area contributed by atoms with Crippen molar-refractivity contribution in [2.24, 2.45) is 5.18 Å². The predicted octanol–water partition coefficient (Wildman–Crippen LogP) is 4.92. The molecule has 1 aliphatic heterocycles. The number of nitroso groups, excluding NO2 is 1. The fourth-order valence-electron chi connectivity index (χ4n) is 3.34. The van der Waals surface area contributed by atoms with Crippen LogP contribution in [0, 0.1) is 4.91 Å². The predicted molar refractivity (Wildman–Crippen MR) is 93.1 cm³/mol. The lowest BCUT2D eigenvalue weighted by atomic mass is 9.99. The van der Waals surface area contributed by atoms with Crippen LogP contribution in [0.15, 0.2) is 29.6 Å². The number of hydrogen-bond donors (Lipinski definition) is 0. The quantitative estimate of drug-likeness (QED) is 0.690. The molecule has 5 nitrogen and oxygen atoms in total. The van der Waals surface area contributed by atoms with E-state index >= 15 is 0 Å². The first kappa shape index (κ1) is 18.0. The highest BCUT2D eigenvalue weighted by molar-refractivity contribution is 5.12. The smallest absolute Gasteiger partial charge is 0.136 e. The lowest BCUT2D eigenvalue weighted by Gasteiger charge is -2.25. The zero-order chi connectivity index (χ0) is 16.3. The third-order valence-corrected chi connectivity index (χ3v) is 4.80. The summed E-state index contributed by atoms with van der Waals surface area (Å²) >= 11 is 0. The van der Waals surface area contributed by atoms with Gasteiger partial charge in [-0.25, -0.2) is 0 Å². The first-order valence-electron chi connectivity index (χ1n) is 9.13. The third kappa shape index (κ3) is 6.34. The molecule has 1 aliphatic carbocycles. The average molecular weight is 321 g/mol. The lowest BCUT2D eigenvalue weighted by molar-refractivity contribution is -0.00731. The molecule has 0 aromatic rings. The molecule has 0 aromatic carbocycles. The average Bonchev–Trinajstić information content (AvgIpc) is 2.88. The Morgan fingerprint density at radius 2 is 1.61 bits per heavy atom. The molecule has 0 radical (unpaired) electrons. The van der Waals surface area contributed by atoms with E-state index in [0.717, 1.165) is 18.7 Å². The van der Waals surface area contributed by atoms with Crippen LogP contribution in [0.25, 0.3) is 0 Å². The molecule has 130 valence electrons. The van der Waals surface area contributed by atoms with Crippen LogP contribution in [0.5, 0.6) is 0 Å². The van der Waals surface area contributed by atoms with Crippen molar-refractivity contribution in [3.8, 4) is 0 Å². The summed E-state index contributed by atoms with van der Waals surface area (Å²) in [6, 6.07) is 0. The van der Waals surface area contributed by atoms with Crippen molar-refractivity contribution in [3.63, 3.8) is 0 Å². The Hall–Kier alpha value is -1.36. The van der Waals surface area contributed by atoms with Crippen LogP contribution in [0.1, 0.15) is 70.6 Å². The van der Waals surface area contributed by atoms with Crippen LogP contribution < -0.4 is 0 Å². The molecular weight excluding hydrogens is 290 g/mol. The molecule has 0 unspecified atom stereocenters. The maximum atomic E-state index is 10.5. The standard InChI is InChI=1S/C18H31N3O2/c1-20-13-14-21(18(20)15-19-22)16-23-17-11-9-7-5-3-2-4-6-8-10-12-17/h13-15,17H,2-12,16H2,1H3/b18-15+. The summed E-state index contributed by atoms with van der Waals surface area (Å²) in [7, 11) is 1.91. The number of ether oxygens (including phenoxy) is 1. The minimum absolute atomic E-state index is 0.333.